The van der Waals surface area contributed by atoms with Crippen LogP contribution in [-0.4, -0.2) is 4.57 Å². The first-order valence-electron chi connectivity index (χ1n) is 7.91. The second-order valence-corrected chi connectivity index (χ2v) is 5.55. The molecule has 0 saturated heterocycles. The molecule has 1 unspecified atom stereocenters. The highest BCUT2D eigenvalue weighted by Crippen LogP contribution is 2.31. The number of para-hydroxylation sites is 2. The van der Waals surface area contributed by atoms with Crippen LogP contribution in [0, 0.1) is 0 Å². The molecule has 24 heavy (non-hydrogen) atoms. The van der Waals surface area contributed by atoms with Gasteiger partial charge in [-0.15, -0.1) is 12.4 Å². The SMILES string of the molecule is CCn1c(=NC2C=COc3ccccc32)ccc2ccccc21.Cl. The molecule has 0 bridgehead atoms. The van der Waals surface area contributed by atoms with Crippen LogP contribution in [0.4, 0.5) is 0 Å². The number of hydrogen-bond acceptors (Lipinski definition) is 2. The Hall–Kier alpha value is -2.52. The molecule has 0 aliphatic carbocycles. The van der Waals surface area contributed by atoms with Crippen LogP contribution in [0.15, 0.2) is 78.0 Å². The van der Waals surface area contributed by atoms with Gasteiger partial charge < -0.3 is 9.30 Å². The zero-order valence-electron chi connectivity index (χ0n) is 13.4. The van der Waals surface area contributed by atoms with Crippen molar-refractivity contribution in [3.05, 3.63) is 84.1 Å². The van der Waals surface area contributed by atoms with Crippen molar-refractivity contribution in [1.29, 1.82) is 0 Å². The quantitative estimate of drug-likeness (QED) is 0.669. The first-order valence-corrected chi connectivity index (χ1v) is 7.91. The summed E-state index contributed by atoms with van der Waals surface area (Å²) >= 11 is 0. The number of ether oxygens (including phenoxy) is 1. The summed E-state index contributed by atoms with van der Waals surface area (Å²) in [5, 5.41) is 1.23. The predicted octanol–water partition coefficient (Wildman–Crippen LogP) is 4.63. The molecule has 0 radical (unpaired) electrons. The molecule has 0 N–H and O–H groups in total. The Bertz CT molecular complexity index is 959. The zero-order chi connectivity index (χ0) is 15.6. The summed E-state index contributed by atoms with van der Waals surface area (Å²) in [7, 11) is 0. The van der Waals surface area contributed by atoms with E-state index in [-0.39, 0.29) is 18.4 Å². The number of rotatable bonds is 2. The number of pyridine rings is 1. The van der Waals surface area contributed by atoms with E-state index in [1.165, 1.54) is 10.9 Å². The maximum atomic E-state index is 5.57. The molecule has 1 aliphatic heterocycles. The van der Waals surface area contributed by atoms with E-state index in [1.54, 1.807) is 6.26 Å². The topological polar surface area (TPSA) is 26.5 Å². The fourth-order valence-electron chi connectivity index (χ4n) is 3.07. The van der Waals surface area contributed by atoms with Gasteiger partial charge in [-0.1, -0.05) is 36.4 Å². The largest absolute Gasteiger partial charge is 0.465 e. The lowest BCUT2D eigenvalue weighted by molar-refractivity contribution is 0.453. The van der Waals surface area contributed by atoms with Crippen molar-refractivity contribution in [3.8, 4) is 5.75 Å². The van der Waals surface area contributed by atoms with Crippen molar-refractivity contribution in [2.75, 3.05) is 0 Å². The Morgan fingerprint density at radius 1 is 1.00 bits per heavy atom. The average molecular weight is 339 g/mol. The molecule has 0 amide bonds. The molecule has 2 aromatic carbocycles. The van der Waals surface area contributed by atoms with E-state index in [9.17, 15) is 0 Å². The van der Waals surface area contributed by atoms with Crippen LogP contribution >= 0.6 is 12.4 Å². The van der Waals surface area contributed by atoms with Crippen LogP contribution in [-0.2, 0) is 6.54 Å². The molecule has 122 valence electrons. The molecule has 0 fully saturated rings. The highest BCUT2D eigenvalue weighted by atomic mass is 35.5. The van der Waals surface area contributed by atoms with Crippen LogP contribution < -0.4 is 10.2 Å². The molecule has 1 aromatic heterocycles. The lowest BCUT2D eigenvalue weighted by atomic mass is 10.0. The normalized spacial score (nSPS) is 16.4. The van der Waals surface area contributed by atoms with Crippen molar-refractivity contribution in [2.24, 2.45) is 4.99 Å². The summed E-state index contributed by atoms with van der Waals surface area (Å²) in [4.78, 5) is 4.98. The molecule has 4 rings (SSSR count). The van der Waals surface area contributed by atoms with E-state index < -0.39 is 0 Å². The van der Waals surface area contributed by atoms with Gasteiger partial charge in [-0.25, -0.2) is 0 Å². The second-order valence-electron chi connectivity index (χ2n) is 5.55. The number of hydrogen-bond donors (Lipinski definition) is 0. The van der Waals surface area contributed by atoms with Crippen LogP contribution in [0.1, 0.15) is 18.5 Å². The Kier molecular flexibility index (Phi) is 4.72. The van der Waals surface area contributed by atoms with Gasteiger partial charge in [-0.3, -0.25) is 4.99 Å². The molecule has 1 atom stereocenters. The van der Waals surface area contributed by atoms with E-state index in [1.807, 2.05) is 24.3 Å². The van der Waals surface area contributed by atoms with Crippen LogP contribution in [0.3, 0.4) is 0 Å². The smallest absolute Gasteiger partial charge is 0.132 e. The second kappa shape index (κ2) is 6.93. The Morgan fingerprint density at radius 2 is 1.79 bits per heavy atom. The molecule has 2 heterocycles. The molecule has 4 heteroatoms. The van der Waals surface area contributed by atoms with E-state index in [0.29, 0.717) is 0 Å². The molecule has 0 saturated carbocycles. The molecule has 3 nitrogen and oxygen atoms in total. The maximum Gasteiger partial charge on any atom is 0.132 e. The number of nitrogens with zero attached hydrogens (tertiary/aromatic N) is 2. The average Bonchev–Trinajstić information content (AvgIpc) is 2.62. The van der Waals surface area contributed by atoms with Crippen molar-refractivity contribution >= 4 is 23.3 Å². The summed E-state index contributed by atoms with van der Waals surface area (Å²) in [6.07, 6.45) is 3.73. The van der Waals surface area contributed by atoms with Gasteiger partial charge in [-0.05, 0) is 42.7 Å². The number of benzene rings is 2. The van der Waals surface area contributed by atoms with E-state index in [0.717, 1.165) is 23.3 Å². The Morgan fingerprint density at radius 3 is 2.67 bits per heavy atom. The minimum Gasteiger partial charge on any atom is -0.465 e. The lowest BCUT2D eigenvalue weighted by Crippen LogP contribution is -2.21. The Labute approximate surface area is 147 Å². The highest BCUT2D eigenvalue weighted by molar-refractivity contribution is 5.85. The third-order valence-corrected chi connectivity index (χ3v) is 4.20. The third-order valence-electron chi connectivity index (χ3n) is 4.20. The van der Waals surface area contributed by atoms with Crippen molar-refractivity contribution in [1.82, 2.24) is 4.57 Å². The number of halogens is 1. The minimum atomic E-state index is -0.0149. The van der Waals surface area contributed by atoms with Crippen molar-refractivity contribution in [2.45, 2.75) is 19.5 Å². The number of aryl methyl sites for hydroxylation is 1. The molecular weight excluding hydrogens is 320 g/mol. The summed E-state index contributed by atoms with van der Waals surface area (Å²) in [6, 6.07) is 20.7. The Balaban J connectivity index is 0.00000169. The van der Waals surface area contributed by atoms with E-state index >= 15 is 0 Å². The van der Waals surface area contributed by atoms with Gasteiger partial charge in [0.15, 0.2) is 0 Å². The van der Waals surface area contributed by atoms with Gasteiger partial charge >= 0.3 is 0 Å². The van der Waals surface area contributed by atoms with Gasteiger partial charge in [0.1, 0.15) is 17.3 Å². The van der Waals surface area contributed by atoms with Gasteiger partial charge in [0.25, 0.3) is 0 Å². The fourth-order valence-corrected chi connectivity index (χ4v) is 3.07. The minimum absolute atomic E-state index is 0. The summed E-state index contributed by atoms with van der Waals surface area (Å²) in [6.45, 7) is 3.04. The first-order chi connectivity index (χ1) is 11.4. The van der Waals surface area contributed by atoms with E-state index in [2.05, 4.69) is 54.0 Å². The van der Waals surface area contributed by atoms with Gasteiger partial charge in [0, 0.05) is 17.6 Å². The summed E-state index contributed by atoms with van der Waals surface area (Å²) < 4.78 is 7.82. The van der Waals surface area contributed by atoms with E-state index in [4.69, 9.17) is 9.73 Å². The monoisotopic (exact) mass is 338 g/mol. The lowest BCUT2D eigenvalue weighted by Gasteiger charge is -2.18. The predicted molar refractivity (Wildman–Crippen MR) is 99.4 cm³/mol. The number of fused-ring (bicyclic) bond motifs is 2. The van der Waals surface area contributed by atoms with Gasteiger partial charge in [-0.2, -0.15) is 0 Å². The van der Waals surface area contributed by atoms with Crippen LogP contribution in [0.5, 0.6) is 5.75 Å². The van der Waals surface area contributed by atoms with Crippen molar-refractivity contribution in [3.63, 3.8) is 0 Å². The number of aromatic nitrogens is 1. The first kappa shape index (κ1) is 16.3. The summed E-state index contributed by atoms with van der Waals surface area (Å²) in [5.74, 6) is 0.882. The third kappa shape index (κ3) is 2.83. The molecule has 3 aromatic rings. The van der Waals surface area contributed by atoms with Crippen LogP contribution in [0.25, 0.3) is 10.9 Å². The highest BCUT2D eigenvalue weighted by Gasteiger charge is 2.16. The molecule has 1 aliphatic rings. The zero-order valence-corrected chi connectivity index (χ0v) is 14.2. The summed E-state index contributed by atoms with van der Waals surface area (Å²) in [5.41, 5.74) is 3.30. The fraction of sp³-hybridized carbons (Fsp3) is 0.150. The molecular formula is C20H19ClN2O. The van der Waals surface area contributed by atoms with Crippen molar-refractivity contribution < 1.29 is 4.74 Å². The molecule has 0 spiro atoms. The maximum absolute atomic E-state index is 5.57. The van der Waals surface area contributed by atoms with Crippen LogP contribution in [0.2, 0.25) is 0 Å². The van der Waals surface area contributed by atoms with Gasteiger partial charge in [0.2, 0.25) is 0 Å². The van der Waals surface area contributed by atoms with Gasteiger partial charge in [0.05, 0.1) is 6.26 Å². The standard InChI is InChI=1S/C20H18N2O.ClH/c1-2-22-18-9-5-3-7-15(18)11-12-20(22)21-17-13-14-23-19-10-6-4-8-16(17)19;/h3-14,17H,2H2,1H3;1H.